The lowest BCUT2D eigenvalue weighted by Gasteiger charge is -2.19. The lowest BCUT2D eigenvalue weighted by atomic mass is 10.2. The normalized spacial score (nSPS) is 10.8. The average molecular weight is 296 g/mol. The van der Waals surface area contributed by atoms with E-state index >= 15 is 0 Å². The molecule has 0 amide bonds. The van der Waals surface area contributed by atoms with Crippen LogP contribution in [0.3, 0.4) is 0 Å². The molecular weight excluding hydrogens is 280 g/mol. The first-order chi connectivity index (χ1) is 10.5. The molecule has 2 aromatic heterocycles. The molecule has 1 aromatic carbocycles. The third-order valence-electron chi connectivity index (χ3n) is 3.21. The van der Waals surface area contributed by atoms with E-state index in [1.807, 2.05) is 36.2 Å². The van der Waals surface area contributed by atoms with Crippen LogP contribution in [0.1, 0.15) is 5.69 Å². The van der Waals surface area contributed by atoms with Crippen molar-refractivity contribution >= 4 is 34.3 Å². The fraction of sp³-hybridized carbons (Fsp3) is 0.143. The molecule has 0 aliphatic rings. The Morgan fingerprint density at radius 3 is 2.68 bits per heavy atom. The molecule has 3 rings (SSSR count). The van der Waals surface area contributed by atoms with E-state index < -0.39 is 0 Å². The molecule has 3 aromatic rings. The van der Waals surface area contributed by atoms with Gasteiger partial charge in [-0.3, -0.25) is 0 Å². The van der Waals surface area contributed by atoms with E-state index in [4.69, 9.17) is 17.2 Å². The molecule has 0 fully saturated rings. The second-order valence-corrected chi connectivity index (χ2v) is 4.95. The molecule has 8 heteroatoms. The third-order valence-corrected chi connectivity index (χ3v) is 3.21. The van der Waals surface area contributed by atoms with Gasteiger partial charge < -0.3 is 22.1 Å². The Kier molecular flexibility index (Phi) is 3.34. The molecular formula is C14H16N8. The smallest absolute Gasteiger partial charge is 0.224 e. The zero-order chi connectivity index (χ0) is 15.7. The van der Waals surface area contributed by atoms with Crippen molar-refractivity contribution in [3.8, 4) is 0 Å². The van der Waals surface area contributed by atoms with Gasteiger partial charge in [-0.1, -0.05) is 6.07 Å². The summed E-state index contributed by atoms with van der Waals surface area (Å²) in [5.41, 5.74) is 20.5. The van der Waals surface area contributed by atoms with E-state index in [1.165, 1.54) is 0 Å². The van der Waals surface area contributed by atoms with Crippen molar-refractivity contribution in [2.75, 3.05) is 29.1 Å². The summed E-state index contributed by atoms with van der Waals surface area (Å²) < 4.78 is 0. The second kappa shape index (κ2) is 5.32. The largest absolute Gasteiger partial charge is 0.399 e. The van der Waals surface area contributed by atoms with Gasteiger partial charge in [-0.25, -0.2) is 9.97 Å². The van der Waals surface area contributed by atoms with Crippen LogP contribution in [-0.2, 0) is 6.54 Å². The number of hydrogen-bond donors (Lipinski definition) is 3. The molecule has 0 aliphatic heterocycles. The van der Waals surface area contributed by atoms with Crippen molar-refractivity contribution in [1.82, 2.24) is 19.9 Å². The minimum atomic E-state index is 0.0870. The van der Waals surface area contributed by atoms with Crippen LogP contribution < -0.4 is 22.1 Å². The molecule has 22 heavy (non-hydrogen) atoms. The molecule has 0 unspecified atom stereocenters. The lowest BCUT2D eigenvalue weighted by molar-refractivity contribution is 0.882. The van der Waals surface area contributed by atoms with Crippen LogP contribution >= 0.6 is 0 Å². The summed E-state index contributed by atoms with van der Waals surface area (Å²) in [5.74, 6) is 0.312. The van der Waals surface area contributed by atoms with Crippen molar-refractivity contribution in [2.45, 2.75) is 6.54 Å². The average Bonchev–Trinajstić information content (AvgIpc) is 2.48. The molecule has 6 N–H and O–H groups in total. The number of hydrogen-bond acceptors (Lipinski definition) is 8. The maximum atomic E-state index is 5.82. The van der Waals surface area contributed by atoms with Crippen molar-refractivity contribution in [1.29, 1.82) is 0 Å². The highest BCUT2D eigenvalue weighted by Crippen LogP contribution is 2.19. The Morgan fingerprint density at radius 2 is 1.91 bits per heavy atom. The monoisotopic (exact) mass is 296 g/mol. The molecule has 2 heterocycles. The lowest BCUT2D eigenvalue weighted by Crippen LogP contribution is -2.18. The molecule has 0 saturated carbocycles. The van der Waals surface area contributed by atoms with Crippen LogP contribution in [0.4, 0.5) is 23.1 Å². The molecule has 0 radical (unpaired) electrons. The minimum Gasteiger partial charge on any atom is -0.399 e. The Balaban J connectivity index is 1.91. The Morgan fingerprint density at radius 1 is 1.09 bits per heavy atom. The van der Waals surface area contributed by atoms with Crippen LogP contribution in [0.5, 0.6) is 0 Å². The topological polar surface area (TPSA) is 133 Å². The summed E-state index contributed by atoms with van der Waals surface area (Å²) >= 11 is 0. The van der Waals surface area contributed by atoms with Crippen LogP contribution in [0, 0.1) is 0 Å². The maximum absolute atomic E-state index is 5.82. The first-order valence-corrected chi connectivity index (χ1v) is 6.64. The highest BCUT2D eigenvalue weighted by Gasteiger charge is 2.09. The molecule has 0 bridgehead atoms. The fourth-order valence-corrected chi connectivity index (χ4v) is 2.16. The molecule has 0 aliphatic carbocycles. The van der Waals surface area contributed by atoms with Gasteiger partial charge in [0.2, 0.25) is 5.95 Å². The Hall–Kier alpha value is -3.16. The zero-order valence-corrected chi connectivity index (χ0v) is 12.1. The minimum absolute atomic E-state index is 0.0870. The van der Waals surface area contributed by atoms with Crippen molar-refractivity contribution in [3.63, 3.8) is 0 Å². The van der Waals surface area contributed by atoms with Gasteiger partial charge >= 0.3 is 0 Å². The van der Waals surface area contributed by atoms with Gasteiger partial charge in [-0.15, -0.1) is 0 Å². The number of aromatic nitrogens is 4. The van der Waals surface area contributed by atoms with E-state index in [-0.39, 0.29) is 11.8 Å². The van der Waals surface area contributed by atoms with E-state index in [1.54, 1.807) is 6.20 Å². The number of nitrogen functional groups attached to an aromatic ring is 3. The number of anilines is 4. The number of nitrogens with two attached hydrogens (primary N) is 3. The van der Waals surface area contributed by atoms with Gasteiger partial charge in [0.25, 0.3) is 0 Å². The van der Waals surface area contributed by atoms with Crippen molar-refractivity contribution in [3.05, 3.63) is 36.2 Å². The molecule has 112 valence electrons. The van der Waals surface area contributed by atoms with Crippen LogP contribution in [0.2, 0.25) is 0 Å². The van der Waals surface area contributed by atoms with E-state index in [2.05, 4.69) is 19.9 Å². The summed E-state index contributed by atoms with van der Waals surface area (Å²) in [6.45, 7) is 0.552. The zero-order valence-electron chi connectivity index (χ0n) is 12.1. The van der Waals surface area contributed by atoms with Crippen molar-refractivity contribution < 1.29 is 0 Å². The van der Waals surface area contributed by atoms with Gasteiger partial charge in [-0.2, -0.15) is 9.97 Å². The fourth-order valence-electron chi connectivity index (χ4n) is 2.16. The van der Waals surface area contributed by atoms with Gasteiger partial charge in [0.05, 0.1) is 18.4 Å². The second-order valence-electron chi connectivity index (χ2n) is 4.95. The number of fused-ring (bicyclic) bond motifs is 1. The van der Waals surface area contributed by atoms with Crippen LogP contribution in [-0.4, -0.2) is 27.0 Å². The van der Waals surface area contributed by atoms with E-state index in [0.717, 1.165) is 11.4 Å². The standard InChI is InChI=1S/C14H16N8/c1-22(10-4-2-3-8(15)5-10)7-9-6-18-13-11(19-9)12(16)20-14(17)21-13/h2-6H,7,15H2,1H3,(H4,16,17,18,20,21). The quantitative estimate of drug-likeness (QED) is 0.604. The Labute approximate surface area is 127 Å². The third kappa shape index (κ3) is 2.66. The predicted octanol–water partition coefficient (Wildman–Crippen LogP) is 0.803. The maximum Gasteiger partial charge on any atom is 0.224 e. The van der Waals surface area contributed by atoms with Gasteiger partial charge in [0, 0.05) is 18.4 Å². The number of benzene rings is 1. The summed E-state index contributed by atoms with van der Waals surface area (Å²) in [7, 11) is 1.95. The summed E-state index contributed by atoms with van der Waals surface area (Å²) in [6.07, 6.45) is 1.65. The molecule has 8 nitrogen and oxygen atoms in total. The van der Waals surface area contributed by atoms with E-state index in [0.29, 0.717) is 23.4 Å². The summed E-state index contributed by atoms with van der Waals surface area (Å²) in [5, 5.41) is 0. The SMILES string of the molecule is CN(Cc1cnc2nc(N)nc(N)c2n1)c1cccc(N)c1. The summed E-state index contributed by atoms with van der Waals surface area (Å²) in [4.78, 5) is 18.6. The number of rotatable bonds is 3. The summed E-state index contributed by atoms with van der Waals surface area (Å²) in [6, 6.07) is 7.62. The van der Waals surface area contributed by atoms with Gasteiger partial charge in [0.1, 0.15) is 0 Å². The van der Waals surface area contributed by atoms with E-state index in [9.17, 15) is 0 Å². The number of nitrogens with zero attached hydrogens (tertiary/aromatic N) is 5. The first-order valence-electron chi connectivity index (χ1n) is 6.64. The molecule has 0 atom stereocenters. The first kappa shape index (κ1) is 13.8. The predicted molar refractivity (Wildman–Crippen MR) is 86.9 cm³/mol. The molecule has 0 saturated heterocycles. The van der Waals surface area contributed by atoms with Crippen LogP contribution in [0.25, 0.3) is 11.2 Å². The molecule has 0 spiro atoms. The van der Waals surface area contributed by atoms with Crippen LogP contribution in [0.15, 0.2) is 30.5 Å². The highest BCUT2D eigenvalue weighted by molar-refractivity contribution is 5.81. The Bertz CT molecular complexity index is 832. The highest BCUT2D eigenvalue weighted by atomic mass is 15.1. The van der Waals surface area contributed by atoms with Gasteiger partial charge in [0.15, 0.2) is 17.0 Å². The van der Waals surface area contributed by atoms with Gasteiger partial charge in [-0.05, 0) is 18.2 Å². The van der Waals surface area contributed by atoms with Crippen molar-refractivity contribution in [2.24, 2.45) is 0 Å².